The molecule has 0 aliphatic heterocycles. The topological polar surface area (TPSA) is 62.7 Å². The number of hydrogen-bond acceptors (Lipinski definition) is 3. The molecule has 0 unspecified atom stereocenters. The van der Waals surface area contributed by atoms with E-state index in [4.69, 9.17) is 4.74 Å². The van der Waals surface area contributed by atoms with E-state index in [1.54, 1.807) is 0 Å². The van der Waals surface area contributed by atoms with E-state index in [-0.39, 0.29) is 29.9 Å². The molecule has 5 nitrogen and oxygen atoms in total. The average Bonchev–Trinajstić information content (AvgIpc) is 2.31. The van der Waals surface area contributed by atoms with Crippen LogP contribution in [0.3, 0.4) is 0 Å². The fraction of sp³-hybridized carbons (Fsp3) is 0.833. The highest BCUT2D eigenvalue weighted by Crippen LogP contribution is 1.91. The van der Waals surface area contributed by atoms with Gasteiger partial charge in [0.15, 0.2) is 5.96 Å². The maximum atomic E-state index is 11.1. The molecule has 0 aromatic rings. The van der Waals surface area contributed by atoms with Crippen molar-refractivity contribution in [1.82, 2.24) is 10.6 Å². The lowest BCUT2D eigenvalue weighted by atomic mass is 10.3. The van der Waals surface area contributed by atoms with Gasteiger partial charge in [0.05, 0.1) is 6.61 Å². The van der Waals surface area contributed by atoms with E-state index in [9.17, 15) is 4.79 Å². The van der Waals surface area contributed by atoms with Gasteiger partial charge in [-0.15, -0.1) is 24.0 Å². The minimum absolute atomic E-state index is 0. The van der Waals surface area contributed by atoms with Crippen LogP contribution in [0.2, 0.25) is 0 Å². The van der Waals surface area contributed by atoms with Crippen LogP contribution in [0.1, 0.15) is 40.0 Å². The third-order valence-electron chi connectivity index (χ3n) is 1.99. The Morgan fingerprint density at radius 1 is 1.22 bits per heavy atom. The van der Waals surface area contributed by atoms with Crippen molar-refractivity contribution in [1.29, 1.82) is 0 Å². The van der Waals surface area contributed by atoms with Gasteiger partial charge in [-0.2, -0.15) is 0 Å². The van der Waals surface area contributed by atoms with Crippen molar-refractivity contribution in [3.8, 4) is 0 Å². The molecular weight excluding hydrogens is 345 g/mol. The number of ether oxygens (including phenoxy) is 1. The Morgan fingerprint density at radius 3 is 2.50 bits per heavy atom. The lowest BCUT2D eigenvalue weighted by Gasteiger charge is -2.10. The van der Waals surface area contributed by atoms with Crippen LogP contribution in [-0.2, 0) is 9.53 Å². The highest BCUT2D eigenvalue weighted by molar-refractivity contribution is 14.0. The molecule has 0 fully saturated rings. The van der Waals surface area contributed by atoms with Gasteiger partial charge in [0, 0.05) is 26.1 Å². The third-order valence-corrected chi connectivity index (χ3v) is 1.99. The largest absolute Gasteiger partial charge is 0.466 e. The van der Waals surface area contributed by atoms with Crippen LogP contribution in [0, 0.1) is 0 Å². The van der Waals surface area contributed by atoms with Gasteiger partial charge >= 0.3 is 5.97 Å². The van der Waals surface area contributed by atoms with Crippen LogP contribution in [0.5, 0.6) is 0 Å². The van der Waals surface area contributed by atoms with Crippen molar-refractivity contribution in [2.75, 3.05) is 26.2 Å². The second kappa shape index (κ2) is 14.5. The summed E-state index contributed by atoms with van der Waals surface area (Å²) in [6.07, 6.45) is 2.24. The lowest BCUT2D eigenvalue weighted by Crippen LogP contribution is -2.38. The van der Waals surface area contributed by atoms with Crippen molar-refractivity contribution in [3.63, 3.8) is 0 Å². The molecule has 0 radical (unpaired) electrons. The molecule has 0 saturated carbocycles. The number of guanidine groups is 1. The molecule has 18 heavy (non-hydrogen) atoms. The maximum Gasteiger partial charge on any atom is 0.305 e. The van der Waals surface area contributed by atoms with E-state index in [2.05, 4.69) is 22.5 Å². The van der Waals surface area contributed by atoms with Crippen molar-refractivity contribution in [2.45, 2.75) is 40.0 Å². The first-order valence-electron chi connectivity index (χ1n) is 6.42. The molecule has 2 N–H and O–H groups in total. The number of rotatable bonds is 8. The fourth-order valence-electron chi connectivity index (χ4n) is 1.24. The first kappa shape index (κ1) is 19.8. The molecule has 0 aliphatic carbocycles. The molecule has 6 heteroatoms. The highest BCUT2D eigenvalue weighted by Gasteiger charge is 2.01. The number of esters is 1. The highest BCUT2D eigenvalue weighted by atomic mass is 127. The van der Waals surface area contributed by atoms with Gasteiger partial charge in [0.1, 0.15) is 0 Å². The second-order valence-electron chi connectivity index (χ2n) is 3.60. The Kier molecular flexibility index (Phi) is 16.0. The Hall–Kier alpha value is -0.530. The summed E-state index contributed by atoms with van der Waals surface area (Å²) in [5.74, 6) is 0.683. The zero-order valence-corrected chi connectivity index (χ0v) is 14.0. The number of aliphatic imine (C=N–C) groups is 1. The normalized spacial score (nSPS) is 10.5. The van der Waals surface area contributed by atoms with Crippen LogP contribution in [0.15, 0.2) is 4.99 Å². The van der Waals surface area contributed by atoms with Crippen LogP contribution >= 0.6 is 24.0 Å². The molecule has 0 atom stereocenters. The number of nitrogens with one attached hydrogen (secondary N) is 2. The zero-order chi connectivity index (χ0) is 12.9. The van der Waals surface area contributed by atoms with E-state index in [0.717, 1.165) is 38.4 Å². The van der Waals surface area contributed by atoms with E-state index >= 15 is 0 Å². The molecule has 0 amide bonds. The van der Waals surface area contributed by atoms with Crippen molar-refractivity contribution < 1.29 is 9.53 Å². The summed E-state index contributed by atoms with van der Waals surface area (Å²) in [5, 5.41) is 6.34. The first-order valence-corrected chi connectivity index (χ1v) is 6.42. The Bertz CT molecular complexity index is 235. The Labute approximate surface area is 127 Å². The fourth-order valence-corrected chi connectivity index (χ4v) is 1.24. The van der Waals surface area contributed by atoms with Crippen molar-refractivity contribution >= 4 is 35.9 Å². The van der Waals surface area contributed by atoms with Crippen LogP contribution in [0.25, 0.3) is 0 Å². The van der Waals surface area contributed by atoms with E-state index in [1.807, 2.05) is 13.8 Å². The summed E-state index contributed by atoms with van der Waals surface area (Å²) in [4.78, 5) is 15.5. The van der Waals surface area contributed by atoms with Gasteiger partial charge in [-0.25, -0.2) is 0 Å². The third kappa shape index (κ3) is 11.9. The Balaban J connectivity index is 0. The predicted octanol–water partition coefficient (Wildman–Crippen LogP) is 1.91. The van der Waals surface area contributed by atoms with E-state index in [0.29, 0.717) is 13.0 Å². The lowest BCUT2D eigenvalue weighted by molar-refractivity contribution is -0.143. The summed E-state index contributed by atoms with van der Waals surface area (Å²) in [6.45, 7) is 8.77. The Morgan fingerprint density at radius 2 is 1.94 bits per heavy atom. The molecule has 0 bridgehead atoms. The summed E-state index contributed by atoms with van der Waals surface area (Å²) in [7, 11) is 0. The summed E-state index contributed by atoms with van der Waals surface area (Å²) < 4.78 is 4.85. The number of hydrogen-bond donors (Lipinski definition) is 2. The zero-order valence-electron chi connectivity index (χ0n) is 11.6. The van der Waals surface area contributed by atoms with Crippen LogP contribution in [0.4, 0.5) is 0 Å². The van der Waals surface area contributed by atoms with Crippen molar-refractivity contribution in [2.24, 2.45) is 4.99 Å². The standard InChI is InChI=1S/C12H25N3O2.HI/c1-4-9-14-12(13-5-2)15-10-7-8-11(16)17-6-3;/h4-10H2,1-3H3,(H2,13,14,15);1H. The molecule has 0 aromatic carbocycles. The second-order valence-corrected chi connectivity index (χ2v) is 3.60. The van der Waals surface area contributed by atoms with Gasteiger partial charge < -0.3 is 15.4 Å². The monoisotopic (exact) mass is 371 g/mol. The van der Waals surface area contributed by atoms with Gasteiger partial charge in [-0.05, 0) is 26.7 Å². The molecular formula is C12H26IN3O2. The minimum atomic E-state index is -0.134. The first-order chi connectivity index (χ1) is 8.24. The SMILES string of the molecule is CCCN=C(NCC)NCCCC(=O)OCC.I. The smallest absolute Gasteiger partial charge is 0.305 e. The molecule has 0 saturated heterocycles. The molecule has 0 rings (SSSR count). The number of nitrogens with zero attached hydrogens (tertiary/aromatic N) is 1. The number of halogens is 1. The van der Waals surface area contributed by atoms with Gasteiger partial charge in [-0.3, -0.25) is 9.79 Å². The molecule has 0 aliphatic rings. The van der Waals surface area contributed by atoms with E-state index < -0.39 is 0 Å². The molecule has 0 spiro atoms. The number of carbonyl (C=O) groups excluding carboxylic acids is 1. The average molecular weight is 371 g/mol. The van der Waals surface area contributed by atoms with Gasteiger partial charge in [0.2, 0.25) is 0 Å². The van der Waals surface area contributed by atoms with Crippen LogP contribution in [-0.4, -0.2) is 38.2 Å². The minimum Gasteiger partial charge on any atom is -0.466 e. The summed E-state index contributed by atoms with van der Waals surface area (Å²) in [6, 6.07) is 0. The quantitative estimate of drug-likeness (QED) is 0.225. The summed E-state index contributed by atoms with van der Waals surface area (Å²) in [5.41, 5.74) is 0. The number of carbonyl (C=O) groups is 1. The molecule has 108 valence electrons. The van der Waals surface area contributed by atoms with Gasteiger partial charge in [0.25, 0.3) is 0 Å². The molecule has 0 aromatic heterocycles. The van der Waals surface area contributed by atoms with Crippen LogP contribution < -0.4 is 10.6 Å². The van der Waals surface area contributed by atoms with Gasteiger partial charge in [-0.1, -0.05) is 6.92 Å². The van der Waals surface area contributed by atoms with E-state index in [1.165, 1.54) is 0 Å². The predicted molar refractivity (Wildman–Crippen MR) is 85.6 cm³/mol. The summed E-state index contributed by atoms with van der Waals surface area (Å²) >= 11 is 0. The molecule has 0 heterocycles. The van der Waals surface area contributed by atoms with Crippen molar-refractivity contribution in [3.05, 3.63) is 0 Å². The maximum absolute atomic E-state index is 11.1.